The Morgan fingerprint density at radius 1 is 1.25 bits per heavy atom. The number of ether oxygens (including phenoxy) is 1. The van der Waals surface area contributed by atoms with Crippen LogP contribution in [0.5, 0.6) is 0 Å². The summed E-state index contributed by atoms with van der Waals surface area (Å²) in [5.41, 5.74) is 1.69. The molecular formula is C23H19N3O5S. The number of carbonyl (C=O) groups is 1. The Labute approximate surface area is 186 Å². The normalized spacial score (nSPS) is 15.8. The first-order chi connectivity index (χ1) is 15.4. The molecule has 32 heavy (non-hydrogen) atoms. The molecule has 0 spiro atoms. The van der Waals surface area contributed by atoms with Gasteiger partial charge in [0.15, 0.2) is 4.80 Å². The van der Waals surface area contributed by atoms with Crippen LogP contribution >= 0.6 is 11.3 Å². The maximum Gasteiger partial charge on any atom is 0.338 e. The summed E-state index contributed by atoms with van der Waals surface area (Å²) in [5, 5.41) is 11.1. The summed E-state index contributed by atoms with van der Waals surface area (Å²) in [7, 11) is 0. The molecule has 3 aromatic rings. The van der Waals surface area contributed by atoms with Crippen molar-refractivity contribution in [3.63, 3.8) is 0 Å². The number of benzene rings is 2. The van der Waals surface area contributed by atoms with Crippen LogP contribution < -0.4 is 14.9 Å². The van der Waals surface area contributed by atoms with E-state index in [-0.39, 0.29) is 17.9 Å². The van der Waals surface area contributed by atoms with Crippen LogP contribution in [-0.4, -0.2) is 22.1 Å². The Morgan fingerprint density at radius 2 is 2.00 bits per heavy atom. The number of aromatic nitrogens is 1. The molecule has 1 aliphatic rings. The summed E-state index contributed by atoms with van der Waals surface area (Å²) in [6.45, 7) is 3.65. The van der Waals surface area contributed by atoms with Gasteiger partial charge < -0.3 is 4.74 Å². The van der Waals surface area contributed by atoms with Gasteiger partial charge in [-0.3, -0.25) is 19.5 Å². The van der Waals surface area contributed by atoms with Crippen LogP contribution in [-0.2, 0) is 9.53 Å². The van der Waals surface area contributed by atoms with E-state index in [4.69, 9.17) is 4.74 Å². The van der Waals surface area contributed by atoms with Gasteiger partial charge in [-0.05, 0) is 31.1 Å². The number of carbonyl (C=O) groups excluding carboxylic acids is 1. The van der Waals surface area contributed by atoms with Gasteiger partial charge in [-0.1, -0.05) is 53.8 Å². The molecule has 0 saturated heterocycles. The van der Waals surface area contributed by atoms with Crippen molar-refractivity contribution in [1.82, 2.24) is 4.57 Å². The molecule has 0 saturated carbocycles. The molecule has 0 amide bonds. The number of allylic oxidation sites excluding steroid dienone is 1. The van der Waals surface area contributed by atoms with Gasteiger partial charge in [0.05, 0.1) is 33.4 Å². The molecule has 0 fully saturated rings. The molecule has 0 unspecified atom stereocenters. The summed E-state index contributed by atoms with van der Waals surface area (Å²) >= 11 is 1.17. The Kier molecular flexibility index (Phi) is 5.83. The first kappa shape index (κ1) is 21.4. The molecule has 9 heteroatoms. The molecule has 0 aliphatic carbocycles. The van der Waals surface area contributed by atoms with Crippen molar-refractivity contribution >= 4 is 29.1 Å². The second-order valence-electron chi connectivity index (χ2n) is 7.07. The number of non-ortho nitro benzene ring substituents is 1. The van der Waals surface area contributed by atoms with E-state index < -0.39 is 16.9 Å². The molecule has 2 heterocycles. The number of nitro groups is 1. The minimum Gasteiger partial charge on any atom is -0.463 e. The fourth-order valence-electron chi connectivity index (χ4n) is 3.62. The third kappa shape index (κ3) is 3.90. The number of esters is 1. The predicted molar refractivity (Wildman–Crippen MR) is 120 cm³/mol. The van der Waals surface area contributed by atoms with Gasteiger partial charge in [-0.15, -0.1) is 0 Å². The second kappa shape index (κ2) is 8.72. The van der Waals surface area contributed by atoms with E-state index >= 15 is 0 Å². The van der Waals surface area contributed by atoms with Gasteiger partial charge in [0, 0.05) is 12.1 Å². The summed E-state index contributed by atoms with van der Waals surface area (Å²) in [6.07, 6.45) is 1.60. The van der Waals surface area contributed by atoms with Crippen molar-refractivity contribution < 1.29 is 14.5 Å². The second-order valence-corrected chi connectivity index (χ2v) is 8.07. The minimum atomic E-state index is -0.682. The van der Waals surface area contributed by atoms with Gasteiger partial charge in [0.1, 0.15) is 0 Å². The average molecular weight is 449 g/mol. The van der Waals surface area contributed by atoms with E-state index in [1.165, 1.54) is 28.0 Å². The van der Waals surface area contributed by atoms with Crippen LogP contribution in [0, 0.1) is 10.1 Å². The summed E-state index contributed by atoms with van der Waals surface area (Å²) < 4.78 is 7.11. The lowest BCUT2D eigenvalue weighted by Gasteiger charge is -2.24. The molecule has 162 valence electrons. The maximum atomic E-state index is 13.4. The molecule has 1 atom stereocenters. The lowest BCUT2D eigenvalue weighted by Crippen LogP contribution is -2.39. The monoisotopic (exact) mass is 449 g/mol. The molecule has 2 aromatic carbocycles. The number of hydrogen-bond acceptors (Lipinski definition) is 7. The molecular weight excluding hydrogens is 430 g/mol. The third-order valence-electron chi connectivity index (χ3n) is 5.01. The van der Waals surface area contributed by atoms with Gasteiger partial charge in [0.25, 0.3) is 11.2 Å². The number of nitrogens with zero attached hydrogens (tertiary/aromatic N) is 3. The lowest BCUT2D eigenvalue weighted by molar-refractivity contribution is -0.384. The van der Waals surface area contributed by atoms with E-state index in [2.05, 4.69) is 4.99 Å². The highest BCUT2D eigenvalue weighted by Crippen LogP contribution is 2.30. The largest absolute Gasteiger partial charge is 0.463 e. The molecule has 8 nitrogen and oxygen atoms in total. The van der Waals surface area contributed by atoms with Crippen molar-refractivity contribution in [3.8, 4) is 0 Å². The van der Waals surface area contributed by atoms with Crippen molar-refractivity contribution in [2.75, 3.05) is 6.61 Å². The van der Waals surface area contributed by atoms with E-state index in [0.717, 1.165) is 5.56 Å². The molecule has 4 rings (SSSR count). The van der Waals surface area contributed by atoms with Gasteiger partial charge in [-0.2, -0.15) is 0 Å². The Hall–Kier alpha value is -3.85. The van der Waals surface area contributed by atoms with Crippen LogP contribution in [0.2, 0.25) is 0 Å². The van der Waals surface area contributed by atoms with E-state index in [9.17, 15) is 19.7 Å². The smallest absolute Gasteiger partial charge is 0.338 e. The maximum absolute atomic E-state index is 13.4. The van der Waals surface area contributed by atoms with Crippen molar-refractivity contribution in [2.45, 2.75) is 19.9 Å². The van der Waals surface area contributed by atoms with Gasteiger partial charge in [-0.25, -0.2) is 9.79 Å². The Bertz CT molecular complexity index is 1420. The zero-order valence-corrected chi connectivity index (χ0v) is 18.2. The van der Waals surface area contributed by atoms with E-state index in [0.29, 0.717) is 26.2 Å². The van der Waals surface area contributed by atoms with Gasteiger partial charge >= 0.3 is 5.97 Å². The van der Waals surface area contributed by atoms with Crippen LogP contribution in [0.1, 0.15) is 31.0 Å². The quantitative estimate of drug-likeness (QED) is 0.338. The van der Waals surface area contributed by atoms with Gasteiger partial charge in [0.2, 0.25) is 0 Å². The fourth-order valence-corrected chi connectivity index (χ4v) is 4.67. The molecule has 0 N–H and O–H groups in total. The number of fused-ring (bicyclic) bond motifs is 1. The first-order valence-electron chi connectivity index (χ1n) is 9.89. The van der Waals surface area contributed by atoms with Crippen molar-refractivity contribution in [1.29, 1.82) is 0 Å². The lowest BCUT2D eigenvalue weighted by atomic mass is 9.96. The first-order valence-corrected chi connectivity index (χ1v) is 10.7. The van der Waals surface area contributed by atoms with E-state index in [1.807, 2.05) is 30.3 Å². The SMILES string of the molecule is CCOC(=O)C1=C(C)N=c2s/c(=C/c3cccc([N+](=O)[O-])c3)c(=O)n2[C@@H]1c1ccccc1. The highest BCUT2D eigenvalue weighted by molar-refractivity contribution is 7.07. The highest BCUT2D eigenvalue weighted by atomic mass is 32.1. The van der Waals surface area contributed by atoms with Crippen LogP contribution in [0.4, 0.5) is 5.69 Å². The average Bonchev–Trinajstić information content (AvgIpc) is 3.08. The molecule has 1 aromatic heterocycles. The van der Waals surface area contributed by atoms with Crippen LogP contribution in [0.25, 0.3) is 6.08 Å². The number of hydrogen-bond donors (Lipinski definition) is 0. The molecule has 1 aliphatic heterocycles. The van der Waals surface area contributed by atoms with Crippen molar-refractivity contribution in [2.24, 2.45) is 4.99 Å². The van der Waals surface area contributed by atoms with Crippen molar-refractivity contribution in [3.05, 3.63) is 107 Å². The number of thiazole rings is 1. The van der Waals surface area contributed by atoms with E-state index in [1.54, 1.807) is 32.1 Å². The Balaban J connectivity index is 1.94. The number of rotatable bonds is 5. The summed E-state index contributed by atoms with van der Waals surface area (Å²) in [4.78, 5) is 41.8. The number of nitro benzene ring substituents is 1. The topological polar surface area (TPSA) is 104 Å². The Morgan fingerprint density at radius 3 is 2.69 bits per heavy atom. The zero-order chi connectivity index (χ0) is 22.8. The summed E-state index contributed by atoms with van der Waals surface area (Å²) in [6, 6.07) is 14.6. The zero-order valence-electron chi connectivity index (χ0n) is 17.3. The van der Waals surface area contributed by atoms with Crippen LogP contribution in [0.15, 0.2) is 75.7 Å². The highest BCUT2D eigenvalue weighted by Gasteiger charge is 2.33. The fraction of sp³-hybridized carbons (Fsp3) is 0.174. The molecule has 0 radical (unpaired) electrons. The summed E-state index contributed by atoms with van der Waals surface area (Å²) in [5.74, 6) is -0.518. The third-order valence-corrected chi connectivity index (χ3v) is 5.99. The predicted octanol–water partition coefficient (Wildman–Crippen LogP) is 2.71. The standard InChI is InChI=1S/C23H19N3O5S/c1-3-31-22(28)19-14(2)24-23-25(20(19)16-9-5-4-6-10-16)21(27)18(32-23)13-15-8-7-11-17(12-15)26(29)30/h4-13,20H,3H2,1-2H3/b18-13+/t20-/m1/s1. The molecule has 0 bridgehead atoms. The minimum absolute atomic E-state index is 0.0610. The van der Waals surface area contributed by atoms with Crippen LogP contribution in [0.3, 0.4) is 0 Å².